The third-order valence-electron chi connectivity index (χ3n) is 2.84. The number of rotatable bonds is 5. The SMILES string of the molecule is CC(=O)c1ccc(C(=O)N[C@@H](C)c2nnc(C(C)C)o2)s1. The van der Waals surface area contributed by atoms with Crippen LogP contribution in [-0.4, -0.2) is 21.9 Å². The highest BCUT2D eigenvalue weighted by atomic mass is 32.1. The predicted octanol–water partition coefficient (Wildman–Crippen LogP) is 2.95. The zero-order chi connectivity index (χ0) is 15.6. The quantitative estimate of drug-likeness (QED) is 0.858. The topological polar surface area (TPSA) is 85.1 Å². The van der Waals surface area contributed by atoms with E-state index >= 15 is 0 Å². The van der Waals surface area contributed by atoms with Crippen molar-refractivity contribution >= 4 is 23.0 Å². The average Bonchev–Trinajstić information content (AvgIpc) is 3.08. The molecule has 0 unspecified atom stereocenters. The van der Waals surface area contributed by atoms with E-state index in [0.29, 0.717) is 21.5 Å². The highest BCUT2D eigenvalue weighted by molar-refractivity contribution is 7.15. The molecule has 1 amide bonds. The second-order valence-electron chi connectivity index (χ2n) is 5.05. The molecule has 6 nitrogen and oxygen atoms in total. The Morgan fingerprint density at radius 3 is 2.29 bits per heavy atom. The van der Waals surface area contributed by atoms with Gasteiger partial charge in [0.05, 0.1) is 9.75 Å². The molecule has 2 aromatic rings. The summed E-state index contributed by atoms with van der Waals surface area (Å²) in [5, 5.41) is 10.7. The van der Waals surface area contributed by atoms with Gasteiger partial charge in [-0.15, -0.1) is 21.5 Å². The summed E-state index contributed by atoms with van der Waals surface area (Å²) < 4.78 is 5.50. The first-order valence-electron chi connectivity index (χ1n) is 6.63. The number of carbonyl (C=O) groups is 2. The minimum absolute atomic E-state index is 0.0504. The maximum atomic E-state index is 12.1. The van der Waals surface area contributed by atoms with Gasteiger partial charge in [0, 0.05) is 5.92 Å². The van der Waals surface area contributed by atoms with Gasteiger partial charge in [-0.25, -0.2) is 0 Å². The molecule has 1 atom stereocenters. The lowest BCUT2D eigenvalue weighted by atomic mass is 10.2. The van der Waals surface area contributed by atoms with Crippen LogP contribution in [0.2, 0.25) is 0 Å². The van der Waals surface area contributed by atoms with E-state index in [4.69, 9.17) is 4.42 Å². The number of Topliss-reactive ketones (excluding diaryl/α,β-unsaturated/α-hetero) is 1. The molecular weight excluding hydrogens is 290 g/mol. The summed E-state index contributed by atoms with van der Waals surface area (Å²) >= 11 is 1.17. The molecule has 2 rings (SSSR count). The Morgan fingerprint density at radius 2 is 1.76 bits per heavy atom. The van der Waals surface area contributed by atoms with E-state index in [-0.39, 0.29) is 23.7 Å². The molecule has 0 radical (unpaired) electrons. The predicted molar refractivity (Wildman–Crippen MR) is 78.6 cm³/mol. The van der Waals surface area contributed by atoms with Crippen molar-refractivity contribution < 1.29 is 14.0 Å². The molecule has 2 aromatic heterocycles. The van der Waals surface area contributed by atoms with Crippen molar-refractivity contribution in [3.63, 3.8) is 0 Å². The zero-order valence-electron chi connectivity index (χ0n) is 12.3. The maximum Gasteiger partial charge on any atom is 0.262 e. The molecule has 0 spiro atoms. The van der Waals surface area contributed by atoms with Crippen LogP contribution in [0.4, 0.5) is 0 Å². The number of thiophene rings is 1. The molecule has 2 heterocycles. The number of amides is 1. The van der Waals surface area contributed by atoms with Crippen LogP contribution >= 0.6 is 11.3 Å². The Morgan fingerprint density at radius 1 is 1.14 bits per heavy atom. The number of ketones is 1. The number of hydrogen-bond acceptors (Lipinski definition) is 6. The molecule has 0 bridgehead atoms. The van der Waals surface area contributed by atoms with Crippen LogP contribution in [0.5, 0.6) is 0 Å². The van der Waals surface area contributed by atoms with Crippen LogP contribution in [0.1, 0.15) is 70.8 Å². The lowest BCUT2D eigenvalue weighted by molar-refractivity contribution is 0.0937. The van der Waals surface area contributed by atoms with Gasteiger partial charge >= 0.3 is 0 Å². The van der Waals surface area contributed by atoms with E-state index in [1.54, 1.807) is 19.1 Å². The summed E-state index contributed by atoms with van der Waals surface area (Å²) in [6, 6.07) is 2.90. The second-order valence-corrected chi connectivity index (χ2v) is 6.13. The molecular formula is C14H17N3O3S. The molecule has 112 valence electrons. The van der Waals surface area contributed by atoms with E-state index < -0.39 is 0 Å². The van der Waals surface area contributed by atoms with Crippen molar-refractivity contribution in [1.29, 1.82) is 0 Å². The molecule has 0 fully saturated rings. The van der Waals surface area contributed by atoms with Crippen LogP contribution in [0, 0.1) is 0 Å². The smallest absolute Gasteiger partial charge is 0.262 e. The fourth-order valence-corrected chi connectivity index (χ4v) is 2.44. The van der Waals surface area contributed by atoms with Crippen LogP contribution in [0.3, 0.4) is 0 Å². The fourth-order valence-electron chi connectivity index (χ4n) is 1.63. The molecule has 21 heavy (non-hydrogen) atoms. The fraction of sp³-hybridized carbons (Fsp3) is 0.429. The van der Waals surface area contributed by atoms with Gasteiger partial charge in [0.15, 0.2) is 5.78 Å². The molecule has 0 aromatic carbocycles. The summed E-state index contributed by atoms with van der Waals surface area (Å²) in [5.41, 5.74) is 0. The Kier molecular flexibility index (Phi) is 4.52. The molecule has 0 aliphatic carbocycles. The van der Waals surface area contributed by atoms with Crippen molar-refractivity contribution in [2.24, 2.45) is 0 Å². The number of carbonyl (C=O) groups excluding carboxylic acids is 2. The monoisotopic (exact) mass is 307 g/mol. The Balaban J connectivity index is 2.05. The standard InChI is InChI=1S/C14H17N3O3S/c1-7(2)13-16-17-14(20-13)8(3)15-12(19)11-6-5-10(21-11)9(4)18/h5-8H,1-4H3,(H,15,19)/t8-/m0/s1. The lowest BCUT2D eigenvalue weighted by Crippen LogP contribution is -2.26. The van der Waals surface area contributed by atoms with Crippen molar-refractivity contribution in [2.45, 2.75) is 39.7 Å². The zero-order valence-corrected chi connectivity index (χ0v) is 13.2. The first-order chi connectivity index (χ1) is 9.88. The molecule has 1 N–H and O–H groups in total. The van der Waals surface area contributed by atoms with Gasteiger partial charge in [-0.05, 0) is 26.0 Å². The average molecular weight is 307 g/mol. The van der Waals surface area contributed by atoms with Gasteiger partial charge in [0.2, 0.25) is 11.8 Å². The van der Waals surface area contributed by atoms with Crippen molar-refractivity contribution in [1.82, 2.24) is 15.5 Å². The minimum Gasteiger partial charge on any atom is -0.423 e. The summed E-state index contributed by atoms with van der Waals surface area (Å²) in [6.07, 6.45) is 0. The first kappa shape index (κ1) is 15.4. The highest BCUT2D eigenvalue weighted by Gasteiger charge is 2.19. The van der Waals surface area contributed by atoms with Crippen molar-refractivity contribution in [3.05, 3.63) is 33.7 Å². The van der Waals surface area contributed by atoms with E-state index in [1.165, 1.54) is 18.3 Å². The highest BCUT2D eigenvalue weighted by Crippen LogP contribution is 2.20. The van der Waals surface area contributed by atoms with Crippen LogP contribution < -0.4 is 5.32 Å². The van der Waals surface area contributed by atoms with Crippen molar-refractivity contribution in [2.75, 3.05) is 0 Å². The number of hydrogen-bond donors (Lipinski definition) is 1. The normalized spacial score (nSPS) is 12.4. The van der Waals surface area contributed by atoms with Crippen molar-refractivity contribution in [3.8, 4) is 0 Å². The Labute approximate surface area is 126 Å². The summed E-state index contributed by atoms with van der Waals surface area (Å²) in [7, 11) is 0. The van der Waals surface area contributed by atoms with Crippen LogP contribution in [0.25, 0.3) is 0 Å². The summed E-state index contributed by atoms with van der Waals surface area (Å²) in [6.45, 7) is 7.15. The largest absolute Gasteiger partial charge is 0.423 e. The van der Waals surface area contributed by atoms with E-state index in [1.807, 2.05) is 13.8 Å². The number of nitrogens with one attached hydrogen (secondary N) is 1. The van der Waals surface area contributed by atoms with Gasteiger partial charge in [-0.1, -0.05) is 13.8 Å². The van der Waals surface area contributed by atoms with Gasteiger partial charge < -0.3 is 9.73 Å². The molecule has 0 saturated heterocycles. The van der Waals surface area contributed by atoms with Gasteiger partial charge in [0.1, 0.15) is 6.04 Å². The summed E-state index contributed by atoms with van der Waals surface area (Å²) in [5.74, 6) is 0.746. The Hall–Kier alpha value is -2.02. The van der Waals surface area contributed by atoms with E-state index in [9.17, 15) is 9.59 Å². The van der Waals surface area contributed by atoms with E-state index in [0.717, 1.165) is 0 Å². The second kappa shape index (κ2) is 6.17. The summed E-state index contributed by atoms with van der Waals surface area (Å²) in [4.78, 5) is 24.4. The Bertz CT molecular complexity index is 660. The molecule has 0 aliphatic heterocycles. The lowest BCUT2D eigenvalue weighted by Gasteiger charge is -2.08. The minimum atomic E-state index is -0.389. The van der Waals surface area contributed by atoms with Crippen LogP contribution in [0.15, 0.2) is 16.5 Å². The van der Waals surface area contributed by atoms with Gasteiger partial charge in [-0.3, -0.25) is 9.59 Å². The van der Waals surface area contributed by atoms with Crippen LogP contribution in [-0.2, 0) is 0 Å². The van der Waals surface area contributed by atoms with E-state index in [2.05, 4.69) is 15.5 Å². The molecule has 0 saturated carbocycles. The first-order valence-corrected chi connectivity index (χ1v) is 7.45. The molecule has 0 aliphatic rings. The third-order valence-corrected chi connectivity index (χ3v) is 4.03. The third kappa shape index (κ3) is 3.55. The number of nitrogens with zero attached hydrogens (tertiary/aromatic N) is 2. The number of aromatic nitrogens is 2. The van der Waals surface area contributed by atoms with Gasteiger partial charge in [-0.2, -0.15) is 0 Å². The van der Waals surface area contributed by atoms with Gasteiger partial charge in [0.25, 0.3) is 5.91 Å². The maximum absolute atomic E-state index is 12.1. The molecule has 7 heteroatoms.